The molecule has 110 valence electrons. The van der Waals surface area contributed by atoms with Gasteiger partial charge in [-0.05, 0) is 38.1 Å². The third kappa shape index (κ3) is 2.70. The molecule has 20 heavy (non-hydrogen) atoms. The van der Waals surface area contributed by atoms with E-state index in [0.717, 1.165) is 50.6 Å². The van der Waals surface area contributed by atoms with Gasteiger partial charge in [0.1, 0.15) is 5.82 Å². The van der Waals surface area contributed by atoms with Crippen LogP contribution in [-0.2, 0) is 6.42 Å². The van der Waals surface area contributed by atoms with Gasteiger partial charge in [-0.1, -0.05) is 6.92 Å². The largest absolute Gasteiger partial charge is 0.336 e. The van der Waals surface area contributed by atoms with Crippen LogP contribution in [0.15, 0.2) is 0 Å². The Balaban J connectivity index is 1.55. The topological polar surface area (TPSA) is 73.9 Å². The smallest absolute Gasteiger partial charge is 0.293 e. The molecule has 0 radical (unpaired) electrons. The van der Waals surface area contributed by atoms with Crippen molar-refractivity contribution in [1.82, 2.24) is 25.4 Å². The molecule has 0 aliphatic carbocycles. The summed E-state index contributed by atoms with van der Waals surface area (Å²) in [5.74, 6) is 1.79. The Hall–Kier alpha value is -1.43. The molecule has 2 aliphatic rings. The lowest BCUT2D eigenvalue weighted by Crippen LogP contribution is -2.43. The Morgan fingerprint density at radius 2 is 2.15 bits per heavy atom. The van der Waals surface area contributed by atoms with Crippen LogP contribution < -0.4 is 5.32 Å². The summed E-state index contributed by atoms with van der Waals surface area (Å²) in [5, 5.41) is 10.4. The van der Waals surface area contributed by atoms with Crippen LogP contribution in [0.3, 0.4) is 0 Å². The number of H-pyrrole nitrogens is 1. The molecule has 6 nitrogen and oxygen atoms in total. The predicted octanol–water partition coefficient (Wildman–Crippen LogP) is 0.971. The van der Waals surface area contributed by atoms with Crippen LogP contribution in [0, 0.1) is 5.92 Å². The molecule has 0 aromatic carbocycles. The normalized spacial score (nSPS) is 24.2. The first kappa shape index (κ1) is 13.5. The van der Waals surface area contributed by atoms with Crippen molar-refractivity contribution >= 4 is 5.91 Å². The molecule has 3 rings (SSSR count). The number of piperidine rings is 1. The second-order valence-electron chi connectivity index (χ2n) is 5.79. The van der Waals surface area contributed by atoms with Crippen LogP contribution in [0.1, 0.15) is 49.1 Å². The SMILES string of the molecule is CCc1nc(C(=O)N2CCC(C3CCCN3)CC2)n[nH]1. The summed E-state index contributed by atoms with van der Waals surface area (Å²) in [6.07, 6.45) is 5.54. The average molecular weight is 277 g/mol. The highest BCUT2D eigenvalue weighted by Crippen LogP contribution is 2.26. The molecule has 6 heteroatoms. The lowest BCUT2D eigenvalue weighted by Gasteiger charge is -2.34. The van der Waals surface area contributed by atoms with Gasteiger partial charge >= 0.3 is 0 Å². The van der Waals surface area contributed by atoms with E-state index >= 15 is 0 Å². The van der Waals surface area contributed by atoms with E-state index in [1.807, 2.05) is 11.8 Å². The van der Waals surface area contributed by atoms with Gasteiger partial charge in [0, 0.05) is 25.6 Å². The number of amides is 1. The van der Waals surface area contributed by atoms with E-state index in [1.165, 1.54) is 12.8 Å². The molecule has 2 fully saturated rings. The highest BCUT2D eigenvalue weighted by Gasteiger charge is 2.31. The molecular formula is C14H23N5O. The molecular weight excluding hydrogens is 254 g/mol. The zero-order chi connectivity index (χ0) is 13.9. The highest BCUT2D eigenvalue weighted by molar-refractivity contribution is 5.90. The first-order valence-corrected chi connectivity index (χ1v) is 7.72. The molecule has 1 aromatic heterocycles. The number of hydrogen-bond acceptors (Lipinski definition) is 4. The van der Waals surface area contributed by atoms with E-state index in [1.54, 1.807) is 0 Å². The molecule has 0 bridgehead atoms. The fourth-order valence-corrected chi connectivity index (χ4v) is 3.31. The summed E-state index contributed by atoms with van der Waals surface area (Å²) >= 11 is 0. The van der Waals surface area contributed by atoms with E-state index in [9.17, 15) is 4.79 Å². The number of carbonyl (C=O) groups excluding carboxylic acids is 1. The summed E-state index contributed by atoms with van der Waals surface area (Å²) in [7, 11) is 0. The number of nitrogens with zero attached hydrogens (tertiary/aromatic N) is 3. The van der Waals surface area contributed by atoms with Crippen molar-refractivity contribution in [3.05, 3.63) is 11.6 Å². The quantitative estimate of drug-likeness (QED) is 0.863. The number of hydrogen-bond donors (Lipinski definition) is 2. The number of aromatic nitrogens is 3. The van der Waals surface area contributed by atoms with Gasteiger partial charge in [0.2, 0.25) is 5.82 Å². The molecule has 1 unspecified atom stereocenters. The molecule has 1 atom stereocenters. The fraction of sp³-hybridized carbons (Fsp3) is 0.786. The number of carbonyl (C=O) groups is 1. The Kier molecular flexibility index (Phi) is 4.00. The van der Waals surface area contributed by atoms with Crippen molar-refractivity contribution in [2.24, 2.45) is 5.92 Å². The van der Waals surface area contributed by atoms with Gasteiger partial charge in [-0.3, -0.25) is 9.89 Å². The van der Waals surface area contributed by atoms with Crippen LogP contribution in [-0.4, -0.2) is 51.7 Å². The number of aromatic amines is 1. The third-order valence-electron chi connectivity index (χ3n) is 4.55. The van der Waals surface area contributed by atoms with Gasteiger partial charge < -0.3 is 10.2 Å². The molecule has 1 amide bonds. The second kappa shape index (κ2) is 5.91. The lowest BCUT2D eigenvalue weighted by molar-refractivity contribution is 0.0662. The van der Waals surface area contributed by atoms with Gasteiger partial charge in [-0.15, -0.1) is 5.10 Å². The number of nitrogens with one attached hydrogen (secondary N) is 2. The summed E-state index contributed by atoms with van der Waals surface area (Å²) in [6.45, 7) is 4.81. The van der Waals surface area contributed by atoms with Crippen molar-refractivity contribution in [1.29, 1.82) is 0 Å². The number of rotatable bonds is 3. The fourth-order valence-electron chi connectivity index (χ4n) is 3.31. The van der Waals surface area contributed by atoms with Crippen molar-refractivity contribution in [2.45, 2.75) is 45.1 Å². The number of likely N-dealkylation sites (tertiary alicyclic amines) is 1. The number of aryl methyl sites for hydroxylation is 1. The van der Waals surface area contributed by atoms with E-state index in [-0.39, 0.29) is 5.91 Å². The molecule has 1 aromatic rings. The third-order valence-corrected chi connectivity index (χ3v) is 4.55. The zero-order valence-corrected chi connectivity index (χ0v) is 12.1. The monoisotopic (exact) mass is 277 g/mol. The minimum atomic E-state index is -0.0289. The molecule has 3 heterocycles. The second-order valence-corrected chi connectivity index (χ2v) is 5.79. The summed E-state index contributed by atoms with van der Waals surface area (Å²) in [6, 6.07) is 0.669. The maximum atomic E-state index is 12.3. The summed E-state index contributed by atoms with van der Waals surface area (Å²) in [5.41, 5.74) is 0. The molecule has 2 aliphatic heterocycles. The molecule has 2 saturated heterocycles. The Morgan fingerprint density at radius 1 is 1.35 bits per heavy atom. The minimum Gasteiger partial charge on any atom is -0.336 e. The van der Waals surface area contributed by atoms with Crippen LogP contribution in [0.4, 0.5) is 0 Å². The van der Waals surface area contributed by atoms with E-state index in [0.29, 0.717) is 11.9 Å². The molecule has 0 saturated carbocycles. The van der Waals surface area contributed by atoms with Gasteiger partial charge in [0.25, 0.3) is 5.91 Å². The van der Waals surface area contributed by atoms with Crippen LogP contribution >= 0.6 is 0 Å². The van der Waals surface area contributed by atoms with Crippen molar-refractivity contribution < 1.29 is 4.79 Å². The first-order valence-electron chi connectivity index (χ1n) is 7.72. The zero-order valence-electron chi connectivity index (χ0n) is 12.1. The highest BCUT2D eigenvalue weighted by atomic mass is 16.2. The van der Waals surface area contributed by atoms with Gasteiger partial charge in [0.15, 0.2) is 0 Å². The van der Waals surface area contributed by atoms with Gasteiger partial charge in [0.05, 0.1) is 0 Å². The Morgan fingerprint density at radius 3 is 2.75 bits per heavy atom. The molecule has 0 spiro atoms. The van der Waals surface area contributed by atoms with E-state index in [4.69, 9.17) is 0 Å². The average Bonchev–Trinajstić information content (AvgIpc) is 3.18. The van der Waals surface area contributed by atoms with Crippen molar-refractivity contribution in [3.63, 3.8) is 0 Å². The predicted molar refractivity (Wildman–Crippen MR) is 75.4 cm³/mol. The summed E-state index contributed by atoms with van der Waals surface area (Å²) < 4.78 is 0. The van der Waals surface area contributed by atoms with Crippen LogP contribution in [0.2, 0.25) is 0 Å². The van der Waals surface area contributed by atoms with E-state index in [2.05, 4.69) is 20.5 Å². The van der Waals surface area contributed by atoms with Crippen LogP contribution in [0.5, 0.6) is 0 Å². The first-order chi connectivity index (χ1) is 9.78. The summed E-state index contributed by atoms with van der Waals surface area (Å²) in [4.78, 5) is 18.4. The minimum absolute atomic E-state index is 0.0289. The maximum absolute atomic E-state index is 12.3. The van der Waals surface area contributed by atoms with E-state index < -0.39 is 0 Å². The van der Waals surface area contributed by atoms with Crippen LogP contribution in [0.25, 0.3) is 0 Å². The van der Waals surface area contributed by atoms with Crippen molar-refractivity contribution in [3.8, 4) is 0 Å². The standard InChI is InChI=1S/C14H23N5O/c1-2-12-16-13(18-17-12)14(20)19-8-5-10(6-9-19)11-4-3-7-15-11/h10-11,15H,2-9H2,1H3,(H,16,17,18). The van der Waals surface area contributed by atoms with Gasteiger partial charge in [-0.2, -0.15) is 0 Å². The van der Waals surface area contributed by atoms with Crippen molar-refractivity contribution in [2.75, 3.05) is 19.6 Å². The molecule has 2 N–H and O–H groups in total. The Bertz CT molecular complexity index is 458. The lowest BCUT2D eigenvalue weighted by atomic mass is 9.88. The maximum Gasteiger partial charge on any atom is 0.293 e. The Labute approximate surface area is 119 Å². The van der Waals surface area contributed by atoms with Gasteiger partial charge in [-0.25, -0.2) is 4.98 Å².